The first kappa shape index (κ1) is 16.7. The Kier molecular flexibility index (Phi) is 6.18. The second-order valence-electron chi connectivity index (χ2n) is 5.22. The number of rotatable bonds is 6. The molecule has 2 rings (SSSR count). The zero-order chi connectivity index (χ0) is 15.9. The molecule has 1 atom stereocenters. The van der Waals surface area contributed by atoms with Crippen molar-refractivity contribution in [2.75, 3.05) is 32.7 Å². The molecule has 0 aliphatic carbocycles. The maximum Gasteiger partial charge on any atom is 0.253 e. The van der Waals surface area contributed by atoms with Crippen molar-refractivity contribution in [2.45, 2.75) is 12.5 Å². The van der Waals surface area contributed by atoms with Crippen LogP contribution in [0.5, 0.6) is 0 Å². The van der Waals surface area contributed by atoms with Gasteiger partial charge in [-0.1, -0.05) is 23.7 Å². The molecule has 1 aromatic carbocycles. The van der Waals surface area contributed by atoms with E-state index in [1.807, 2.05) is 4.90 Å². The Hall–Kier alpha value is -1.63. The molecule has 1 fully saturated rings. The second-order valence-corrected chi connectivity index (χ2v) is 5.66. The molecule has 6 nitrogen and oxygen atoms in total. The van der Waals surface area contributed by atoms with E-state index in [9.17, 15) is 14.7 Å². The van der Waals surface area contributed by atoms with Crippen LogP contribution in [0, 0.1) is 0 Å². The van der Waals surface area contributed by atoms with Gasteiger partial charge in [0, 0.05) is 31.2 Å². The van der Waals surface area contributed by atoms with Gasteiger partial charge < -0.3 is 15.7 Å². The van der Waals surface area contributed by atoms with Gasteiger partial charge in [-0.2, -0.15) is 0 Å². The first-order valence-corrected chi connectivity index (χ1v) is 7.64. The number of aliphatic hydroxyl groups is 1. The molecule has 1 saturated heterocycles. The Morgan fingerprint density at radius 1 is 1.41 bits per heavy atom. The fraction of sp³-hybridized carbons (Fsp3) is 0.467. The lowest BCUT2D eigenvalue weighted by Crippen LogP contribution is -2.48. The summed E-state index contributed by atoms with van der Waals surface area (Å²) in [5, 5.41) is 16.0. The second kappa shape index (κ2) is 8.12. The number of carbonyl (C=O) groups excluding carboxylic acids is 2. The Balaban J connectivity index is 1.68. The van der Waals surface area contributed by atoms with Crippen LogP contribution in [-0.2, 0) is 9.59 Å². The minimum Gasteiger partial charge on any atom is -0.378 e. The molecule has 120 valence electrons. The number of hydrogen-bond acceptors (Lipinski definition) is 4. The van der Waals surface area contributed by atoms with E-state index in [2.05, 4.69) is 10.6 Å². The summed E-state index contributed by atoms with van der Waals surface area (Å²) in [5.41, 5.74) is 0.509. The summed E-state index contributed by atoms with van der Waals surface area (Å²) < 4.78 is 0. The monoisotopic (exact) mass is 325 g/mol. The Morgan fingerprint density at radius 3 is 2.82 bits per heavy atom. The van der Waals surface area contributed by atoms with Crippen LogP contribution in [-0.4, -0.2) is 54.5 Å². The van der Waals surface area contributed by atoms with Gasteiger partial charge >= 0.3 is 0 Å². The van der Waals surface area contributed by atoms with E-state index in [0.29, 0.717) is 30.2 Å². The number of carbonyl (C=O) groups is 2. The zero-order valence-electron chi connectivity index (χ0n) is 12.2. The third kappa shape index (κ3) is 4.98. The van der Waals surface area contributed by atoms with Gasteiger partial charge in [0.25, 0.3) is 5.91 Å². The molecule has 0 spiro atoms. The van der Waals surface area contributed by atoms with E-state index in [1.165, 1.54) is 0 Å². The highest BCUT2D eigenvalue weighted by Crippen LogP contribution is 2.16. The number of halogens is 1. The maximum absolute atomic E-state index is 11.9. The molecule has 7 heteroatoms. The quantitative estimate of drug-likeness (QED) is 0.658. The van der Waals surface area contributed by atoms with Gasteiger partial charge in [0.15, 0.2) is 6.10 Å². The highest BCUT2D eigenvalue weighted by Gasteiger charge is 2.18. The molecule has 2 amide bonds. The maximum atomic E-state index is 11.9. The first-order valence-electron chi connectivity index (χ1n) is 7.26. The van der Waals surface area contributed by atoms with Crippen molar-refractivity contribution in [3.05, 3.63) is 34.9 Å². The van der Waals surface area contributed by atoms with Gasteiger partial charge in [-0.3, -0.25) is 14.5 Å². The molecule has 1 heterocycles. The largest absolute Gasteiger partial charge is 0.378 e. The lowest BCUT2D eigenvalue weighted by Gasteiger charge is -2.26. The number of aliphatic hydroxyl groups excluding tert-OH is 1. The van der Waals surface area contributed by atoms with Crippen molar-refractivity contribution in [1.82, 2.24) is 15.5 Å². The molecule has 0 saturated carbocycles. The highest BCUT2D eigenvalue weighted by molar-refractivity contribution is 6.30. The molecule has 1 aromatic rings. The molecule has 1 aliphatic rings. The lowest BCUT2D eigenvalue weighted by atomic mass is 10.1. The number of nitrogens with one attached hydrogen (secondary N) is 2. The molecular weight excluding hydrogens is 306 g/mol. The lowest BCUT2D eigenvalue weighted by molar-refractivity contribution is -0.129. The number of hydrogen-bond donors (Lipinski definition) is 3. The molecule has 1 aliphatic heterocycles. The van der Waals surface area contributed by atoms with Crippen LogP contribution in [0.2, 0.25) is 5.02 Å². The summed E-state index contributed by atoms with van der Waals surface area (Å²) >= 11 is 5.77. The summed E-state index contributed by atoms with van der Waals surface area (Å²) in [6.07, 6.45) is -0.468. The van der Waals surface area contributed by atoms with Gasteiger partial charge in [0.1, 0.15) is 0 Å². The molecule has 0 aromatic heterocycles. The molecule has 0 radical (unpaired) electrons. The predicted octanol–water partition coefficient (Wildman–Crippen LogP) is 0.312. The van der Waals surface area contributed by atoms with E-state index < -0.39 is 12.0 Å². The van der Waals surface area contributed by atoms with Crippen molar-refractivity contribution in [3.8, 4) is 0 Å². The molecule has 0 bridgehead atoms. The average Bonchev–Trinajstić information content (AvgIpc) is 2.51. The summed E-state index contributed by atoms with van der Waals surface area (Å²) in [5.74, 6) is -0.396. The van der Waals surface area contributed by atoms with E-state index in [1.54, 1.807) is 24.3 Å². The van der Waals surface area contributed by atoms with Crippen LogP contribution >= 0.6 is 11.6 Å². The van der Waals surface area contributed by atoms with Crippen LogP contribution < -0.4 is 10.6 Å². The Labute approximate surface area is 134 Å². The third-order valence-electron chi connectivity index (χ3n) is 3.50. The van der Waals surface area contributed by atoms with E-state index in [0.717, 1.165) is 19.5 Å². The Morgan fingerprint density at radius 2 is 2.14 bits per heavy atom. The first-order chi connectivity index (χ1) is 10.6. The van der Waals surface area contributed by atoms with Crippen molar-refractivity contribution >= 4 is 23.4 Å². The van der Waals surface area contributed by atoms with E-state index in [-0.39, 0.29) is 5.91 Å². The summed E-state index contributed by atoms with van der Waals surface area (Å²) in [4.78, 5) is 25.1. The molecule has 3 N–H and O–H groups in total. The molecule has 22 heavy (non-hydrogen) atoms. The minimum absolute atomic E-state index is 0.0356. The third-order valence-corrected chi connectivity index (χ3v) is 3.75. The van der Waals surface area contributed by atoms with Crippen molar-refractivity contribution in [2.24, 2.45) is 0 Å². The molecule has 0 unspecified atom stereocenters. The Bertz CT molecular complexity index is 521. The summed E-state index contributed by atoms with van der Waals surface area (Å²) in [7, 11) is 0. The number of nitrogens with zero attached hydrogens (tertiary/aromatic N) is 1. The van der Waals surface area contributed by atoms with Crippen LogP contribution in [0.1, 0.15) is 18.1 Å². The van der Waals surface area contributed by atoms with Crippen molar-refractivity contribution in [3.63, 3.8) is 0 Å². The van der Waals surface area contributed by atoms with Crippen LogP contribution in [0.4, 0.5) is 0 Å². The number of amides is 2. The smallest absolute Gasteiger partial charge is 0.253 e. The fourth-order valence-corrected chi connectivity index (χ4v) is 2.42. The molecular formula is C15H20ClN3O3. The standard InChI is InChI=1S/C15H20ClN3O3/c16-12-4-2-11(3-5-12)14(21)15(22)18-6-1-8-19-9-7-17-13(20)10-19/h2-5,14,21H,1,6-10H2,(H,17,20)(H,18,22)/t14-/m1/s1. The SMILES string of the molecule is O=C1CN(CCCNC(=O)[C@H](O)c2ccc(Cl)cc2)CCN1. The van der Waals surface area contributed by atoms with Gasteiger partial charge in [0.2, 0.25) is 5.91 Å². The van der Waals surface area contributed by atoms with E-state index >= 15 is 0 Å². The fourth-order valence-electron chi connectivity index (χ4n) is 2.29. The van der Waals surface area contributed by atoms with Crippen molar-refractivity contribution < 1.29 is 14.7 Å². The van der Waals surface area contributed by atoms with Crippen LogP contribution in [0.3, 0.4) is 0 Å². The number of benzene rings is 1. The minimum atomic E-state index is -1.20. The summed E-state index contributed by atoms with van der Waals surface area (Å²) in [6, 6.07) is 6.52. The summed E-state index contributed by atoms with van der Waals surface area (Å²) in [6.45, 7) is 3.10. The van der Waals surface area contributed by atoms with Crippen molar-refractivity contribution in [1.29, 1.82) is 0 Å². The van der Waals surface area contributed by atoms with Crippen LogP contribution in [0.15, 0.2) is 24.3 Å². The number of piperazine rings is 1. The predicted molar refractivity (Wildman–Crippen MR) is 83.5 cm³/mol. The normalized spacial score (nSPS) is 16.9. The van der Waals surface area contributed by atoms with Crippen LogP contribution in [0.25, 0.3) is 0 Å². The van der Waals surface area contributed by atoms with Gasteiger partial charge in [-0.15, -0.1) is 0 Å². The zero-order valence-corrected chi connectivity index (χ0v) is 13.0. The average molecular weight is 326 g/mol. The van der Waals surface area contributed by atoms with Gasteiger partial charge in [-0.25, -0.2) is 0 Å². The van der Waals surface area contributed by atoms with E-state index in [4.69, 9.17) is 11.6 Å². The van der Waals surface area contributed by atoms with Gasteiger partial charge in [0.05, 0.1) is 6.54 Å². The topological polar surface area (TPSA) is 81.7 Å². The highest BCUT2D eigenvalue weighted by atomic mass is 35.5. The van der Waals surface area contributed by atoms with Gasteiger partial charge in [-0.05, 0) is 24.1 Å².